The molecule has 2 fully saturated rings. The van der Waals surface area contributed by atoms with E-state index in [1.165, 1.54) is 5.56 Å². The minimum Gasteiger partial charge on any atom is -0.357 e. The fourth-order valence-corrected chi connectivity index (χ4v) is 3.25. The van der Waals surface area contributed by atoms with Crippen LogP contribution in [0.4, 0.5) is 5.82 Å². The molecule has 0 saturated carbocycles. The van der Waals surface area contributed by atoms with E-state index in [1.54, 1.807) is 0 Å². The van der Waals surface area contributed by atoms with Crippen molar-refractivity contribution in [2.45, 2.75) is 32.2 Å². The fourth-order valence-electron chi connectivity index (χ4n) is 3.25. The molecule has 0 aromatic carbocycles. The Balaban J connectivity index is 1.55. The van der Waals surface area contributed by atoms with Gasteiger partial charge >= 0.3 is 0 Å². The van der Waals surface area contributed by atoms with Crippen LogP contribution in [0.15, 0.2) is 18.3 Å². The van der Waals surface area contributed by atoms with Crippen molar-refractivity contribution in [3.8, 4) is 0 Å². The van der Waals surface area contributed by atoms with Gasteiger partial charge in [-0.25, -0.2) is 4.98 Å². The van der Waals surface area contributed by atoms with Crippen molar-refractivity contribution in [2.24, 2.45) is 11.7 Å². The predicted molar refractivity (Wildman–Crippen MR) is 83.1 cm³/mol. The number of rotatable bonds is 2. The van der Waals surface area contributed by atoms with E-state index in [1.807, 2.05) is 18.0 Å². The van der Waals surface area contributed by atoms with E-state index >= 15 is 0 Å². The number of piperidine rings is 1. The molecule has 1 amide bonds. The highest BCUT2D eigenvalue weighted by Gasteiger charge is 2.31. The summed E-state index contributed by atoms with van der Waals surface area (Å²) in [6.45, 7) is 5.43. The van der Waals surface area contributed by atoms with Gasteiger partial charge in [-0.1, -0.05) is 6.07 Å². The lowest BCUT2D eigenvalue weighted by Gasteiger charge is -2.33. The van der Waals surface area contributed by atoms with Crippen LogP contribution in [0.2, 0.25) is 0 Å². The lowest BCUT2D eigenvalue weighted by atomic mass is 9.95. The van der Waals surface area contributed by atoms with Crippen LogP contribution in [0.5, 0.6) is 0 Å². The van der Waals surface area contributed by atoms with Crippen molar-refractivity contribution in [3.05, 3.63) is 23.9 Å². The minimum atomic E-state index is 0.164. The van der Waals surface area contributed by atoms with E-state index in [2.05, 4.69) is 22.0 Å². The summed E-state index contributed by atoms with van der Waals surface area (Å²) in [6.07, 6.45) is 4.68. The number of hydrogen-bond donors (Lipinski definition) is 1. The number of aryl methyl sites for hydroxylation is 1. The van der Waals surface area contributed by atoms with Crippen molar-refractivity contribution in [2.75, 3.05) is 31.1 Å². The van der Waals surface area contributed by atoms with Crippen LogP contribution in [0.1, 0.15) is 24.8 Å². The van der Waals surface area contributed by atoms with Gasteiger partial charge in [-0.2, -0.15) is 0 Å². The van der Waals surface area contributed by atoms with Crippen molar-refractivity contribution in [1.29, 1.82) is 0 Å². The van der Waals surface area contributed by atoms with Crippen LogP contribution in [0.25, 0.3) is 0 Å². The maximum absolute atomic E-state index is 12.5. The molecule has 3 rings (SSSR count). The first-order valence-corrected chi connectivity index (χ1v) is 7.85. The normalized spacial score (nSPS) is 23.6. The Morgan fingerprint density at radius 3 is 2.57 bits per heavy atom. The number of likely N-dealkylation sites (tertiary alicyclic amines) is 1. The van der Waals surface area contributed by atoms with Gasteiger partial charge in [-0.3, -0.25) is 4.79 Å². The summed E-state index contributed by atoms with van der Waals surface area (Å²) < 4.78 is 0. The number of nitrogens with two attached hydrogens (primary N) is 1. The largest absolute Gasteiger partial charge is 0.357 e. The van der Waals surface area contributed by atoms with Gasteiger partial charge in [0.1, 0.15) is 5.82 Å². The quantitative estimate of drug-likeness (QED) is 0.887. The molecule has 1 aromatic heterocycles. The third kappa shape index (κ3) is 3.18. The van der Waals surface area contributed by atoms with Gasteiger partial charge in [0.05, 0.1) is 0 Å². The zero-order chi connectivity index (χ0) is 14.8. The van der Waals surface area contributed by atoms with E-state index in [4.69, 9.17) is 5.73 Å². The summed E-state index contributed by atoms with van der Waals surface area (Å²) in [4.78, 5) is 21.2. The maximum Gasteiger partial charge on any atom is 0.225 e. The van der Waals surface area contributed by atoms with Crippen LogP contribution in [-0.2, 0) is 4.79 Å². The second-order valence-electron chi connectivity index (χ2n) is 6.29. The second kappa shape index (κ2) is 6.02. The minimum absolute atomic E-state index is 0.164. The number of amides is 1. The van der Waals surface area contributed by atoms with E-state index in [-0.39, 0.29) is 12.0 Å². The summed E-state index contributed by atoms with van der Waals surface area (Å²) in [5, 5.41) is 0. The topological polar surface area (TPSA) is 62.5 Å². The van der Waals surface area contributed by atoms with Crippen LogP contribution in [0, 0.1) is 12.8 Å². The molecule has 0 unspecified atom stereocenters. The Morgan fingerprint density at radius 1 is 1.24 bits per heavy atom. The summed E-state index contributed by atoms with van der Waals surface area (Å²) in [5.41, 5.74) is 7.07. The maximum atomic E-state index is 12.5. The highest BCUT2D eigenvalue weighted by Crippen LogP contribution is 2.24. The number of carbonyl (C=O) groups is 1. The molecule has 2 aliphatic rings. The fraction of sp³-hybridized carbons (Fsp3) is 0.625. The second-order valence-corrected chi connectivity index (χ2v) is 6.29. The van der Waals surface area contributed by atoms with Gasteiger partial charge in [-0.05, 0) is 37.8 Å². The smallest absolute Gasteiger partial charge is 0.225 e. The lowest BCUT2D eigenvalue weighted by Crippen LogP contribution is -2.42. The molecule has 21 heavy (non-hydrogen) atoms. The Bertz CT molecular complexity index is 494. The first-order chi connectivity index (χ1) is 10.1. The Morgan fingerprint density at radius 2 is 2.00 bits per heavy atom. The van der Waals surface area contributed by atoms with Gasteiger partial charge in [0.2, 0.25) is 5.91 Å². The summed E-state index contributed by atoms with van der Waals surface area (Å²) in [6, 6.07) is 4.33. The summed E-state index contributed by atoms with van der Waals surface area (Å²) in [5.74, 6) is 1.49. The molecule has 5 nitrogen and oxygen atoms in total. The van der Waals surface area contributed by atoms with Crippen LogP contribution in [-0.4, -0.2) is 48.0 Å². The number of hydrogen-bond acceptors (Lipinski definition) is 4. The van der Waals surface area contributed by atoms with Gasteiger partial charge in [0.15, 0.2) is 0 Å². The third-order valence-corrected chi connectivity index (χ3v) is 4.60. The Kier molecular flexibility index (Phi) is 4.10. The molecular formula is C16H24N4O. The van der Waals surface area contributed by atoms with Crippen molar-refractivity contribution < 1.29 is 4.79 Å². The highest BCUT2D eigenvalue weighted by atomic mass is 16.2. The monoisotopic (exact) mass is 288 g/mol. The molecule has 2 aliphatic heterocycles. The molecule has 3 heterocycles. The third-order valence-electron chi connectivity index (χ3n) is 4.60. The molecule has 1 aromatic rings. The predicted octanol–water partition coefficient (Wildman–Crippen LogP) is 1.17. The van der Waals surface area contributed by atoms with Gasteiger partial charge < -0.3 is 15.5 Å². The van der Waals surface area contributed by atoms with E-state index in [0.717, 1.165) is 51.3 Å². The molecule has 2 saturated heterocycles. The first-order valence-electron chi connectivity index (χ1n) is 7.85. The van der Waals surface area contributed by atoms with Crippen LogP contribution in [0.3, 0.4) is 0 Å². The van der Waals surface area contributed by atoms with Gasteiger partial charge in [0, 0.05) is 44.3 Å². The zero-order valence-corrected chi connectivity index (χ0v) is 12.7. The summed E-state index contributed by atoms with van der Waals surface area (Å²) >= 11 is 0. The molecule has 114 valence electrons. The van der Waals surface area contributed by atoms with E-state index < -0.39 is 0 Å². The number of pyridine rings is 1. The standard InChI is InChI=1S/C16H24N4O/c1-12-2-3-15(18-10-12)19-7-4-13(5-8-19)16(21)20-9-6-14(17)11-20/h2-3,10,13-14H,4-9,11,17H2,1H3/t14-/m1/s1. The number of nitrogens with zero attached hydrogens (tertiary/aromatic N) is 3. The van der Waals surface area contributed by atoms with Crippen LogP contribution < -0.4 is 10.6 Å². The van der Waals surface area contributed by atoms with E-state index in [9.17, 15) is 4.79 Å². The highest BCUT2D eigenvalue weighted by molar-refractivity contribution is 5.79. The first kappa shape index (κ1) is 14.3. The zero-order valence-electron chi connectivity index (χ0n) is 12.7. The average molecular weight is 288 g/mol. The molecular weight excluding hydrogens is 264 g/mol. The Labute approximate surface area is 126 Å². The molecule has 0 aliphatic carbocycles. The lowest BCUT2D eigenvalue weighted by molar-refractivity contribution is -0.135. The van der Waals surface area contributed by atoms with Gasteiger partial charge in [0.25, 0.3) is 0 Å². The summed E-state index contributed by atoms with van der Waals surface area (Å²) in [7, 11) is 0. The molecule has 2 N–H and O–H groups in total. The van der Waals surface area contributed by atoms with Crippen LogP contribution >= 0.6 is 0 Å². The number of aromatic nitrogens is 1. The van der Waals surface area contributed by atoms with E-state index in [0.29, 0.717) is 5.91 Å². The SMILES string of the molecule is Cc1ccc(N2CCC(C(=O)N3CC[C@@H](N)C3)CC2)nc1. The molecule has 0 radical (unpaired) electrons. The average Bonchev–Trinajstić information content (AvgIpc) is 2.94. The van der Waals surface area contributed by atoms with Crippen molar-refractivity contribution in [3.63, 3.8) is 0 Å². The Hall–Kier alpha value is -1.62. The molecule has 1 atom stereocenters. The van der Waals surface area contributed by atoms with Gasteiger partial charge in [-0.15, -0.1) is 0 Å². The van der Waals surface area contributed by atoms with Crippen molar-refractivity contribution >= 4 is 11.7 Å². The molecule has 0 bridgehead atoms. The number of anilines is 1. The number of carbonyl (C=O) groups excluding carboxylic acids is 1. The molecule has 5 heteroatoms. The molecule has 0 spiro atoms. The van der Waals surface area contributed by atoms with Crippen molar-refractivity contribution in [1.82, 2.24) is 9.88 Å².